The summed E-state index contributed by atoms with van der Waals surface area (Å²) in [6.07, 6.45) is 1.12. The van der Waals surface area contributed by atoms with Gasteiger partial charge in [0.15, 0.2) is 5.75 Å². The zero-order valence-corrected chi connectivity index (χ0v) is 18.1. The average molecular weight is 408 g/mol. The van der Waals surface area contributed by atoms with E-state index in [1.807, 2.05) is 36.4 Å². The molecule has 0 saturated carbocycles. The van der Waals surface area contributed by atoms with Crippen molar-refractivity contribution >= 4 is 16.9 Å². The highest BCUT2D eigenvalue weighted by atomic mass is 16.6. The molecule has 0 fully saturated rings. The molecular formula is C24H29N3O3. The van der Waals surface area contributed by atoms with Gasteiger partial charge in [-0.1, -0.05) is 38.1 Å². The first-order valence-electron chi connectivity index (χ1n) is 10.3. The Hall–Kier alpha value is -3.12. The number of likely N-dealkylation sites (N-methyl/N-ethyl adjacent to an activating group) is 1. The standard InChI is InChI=1S/C24H29N3O3/c1-5-27(6-2)14-13-25-24(28)30-22-16-26-23(19-10-8-7-9-17(19)3)20-12-11-18(29-4)15-21(20)22/h7-12,15-16H,5-6,13-14H2,1-4H3,(H,25,28). The number of hydrogen-bond acceptors (Lipinski definition) is 5. The summed E-state index contributed by atoms with van der Waals surface area (Å²) in [7, 11) is 1.62. The van der Waals surface area contributed by atoms with Crippen LogP contribution in [0.4, 0.5) is 4.79 Å². The SMILES string of the molecule is CCN(CC)CCNC(=O)Oc1cnc(-c2ccccc2C)c2ccc(OC)cc12. The van der Waals surface area contributed by atoms with Crippen LogP contribution in [0, 0.1) is 6.92 Å². The van der Waals surface area contributed by atoms with Gasteiger partial charge in [-0.15, -0.1) is 0 Å². The van der Waals surface area contributed by atoms with E-state index in [-0.39, 0.29) is 0 Å². The molecule has 0 unspecified atom stereocenters. The van der Waals surface area contributed by atoms with Gasteiger partial charge in [-0.05, 0) is 43.8 Å². The van der Waals surface area contributed by atoms with Crippen LogP contribution in [0.5, 0.6) is 11.5 Å². The molecule has 0 spiro atoms. The number of rotatable bonds is 8. The number of hydrogen-bond donors (Lipinski definition) is 1. The molecule has 3 rings (SSSR count). The Kier molecular flexibility index (Phi) is 7.25. The number of pyridine rings is 1. The number of nitrogens with one attached hydrogen (secondary N) is 1. The summed E-state index contributed by atoms with van der Waals surface area (Å²) in [6.45, 7) is 9.45. The summed E-state index contributed by atoms with van der Waals surface area (Å²) >= 11 is 0. The van der Waals surface area contributed by atoms with Crippen molar-refractivity contribution in [2.75, 3.05) is 33.3 Å². The first-order chi connectivity index (χ1) is 14.6. The van der Waals surface area contributed by atoms with E-state index in [1.54, 1.807) is 13.3 Å². The number of amides is 1. The maximum atomic E-state index is 12.4. The van der Waals surface area contributed by atoms with Gasteiger partial charge in [0.1, 0.15) is 5.75 Å². The fraction of sp³-hybridized carbons (Fsp3) is 0.333. The fourth-order valence-electron chi connectivity index (χ4n) is 3.45. The molecule has 0 bridgehead atoms. The van der Waals surface area contributed by atoms with Gasteiger partial charge in [-0.2, -0.15) is 0 Å². The van der Waals surface area contributed by atoms with Crippen LogP contribution in [0.3, 0.4) is 0 Å². The highest BCUT2D eigenvalue weighted by molar-refractivity contribution is 6.00. The molecule has 6 heteroatoms. The van der Waals surface area contributed by atoms with Crippen LogP contribution in [-0.2, 0) is 0 Å². The van der Waals surface area contributed by atoms with Crippen LogP contribution in [-0.4, -0.2) is 49.3 Å². The van der Waals surface area contributed by atoms with Crippen molar-refractivity contribution in [1.29, 1.82) is 0 Å². The zero-order valence-electron chi connectivity index (χ0n) is 18.1. The van der Waals surface area contributed by atoms with Gasteiger partial charge >= 0.3 is 6.09 Å². The van der Waals surface area contributed by atoms with Gasteiger partial charge in [-0.3, -0.25) is 4.98 Å². The zero-order chi connectivity index (χ0) is 21.5. The van der Waals surface area contributed by atoms with Crippen LogP contribution < -0.4 is 14.8 Å². The van der Waals surface area contributed by atoms with Gasteiger partial charge in [0.2, 0.25) is 0 Å². The summed E-state index contributed by atoms with van der Waals surface area (Å²) in [6, 6.07) is 13.8. The van der Waals surface area contributed by atoms with E-state index in [4.69, 9.17) is 9.47 Å². The summed E-state index contributed by atoms with van der Waals surface area (Å²) in [5.41, 5.74) is 3.02. The summed E-state index contributed by atoms with van der Waals surface area (Å²) in [5, 5.41) is 4.50. The van der Waals surface area contributed by atoms with Crippen molar-refractivity contribution in [3.05, 3.63) is 54.2 Å². The largest absolute Gasteiger partial charge is 0.497 e. The molecule has 0 radical (unpaired) electrons. The number of benzene rings is 2. The van der Waals surface area contributed by atoms with Crippen molar-refractivity contribution in [3.63, 3.8) is 0 Å². The second-order valence-electron chi connectivity index (χ2n) is 7.04. The molecule has 1 aromatic heterocycles. The first-order valence-corrected chi connectivity index (χ1v) is 10.3. The third-order valence-corrected chi connectivity index (χ3v) is 5.25. The van der Waals surface area contributed by atoms with E-state index in [2.05, 4.69) is 42.0 Å². The monoisotopic (exact) mass is 407 g/mol. The third-order valence-electron chi connectivity index (χ3n) is 5.25. The Balaban J connectivity index is 1.89. The predicted molar refractivity (Wildman–Crippen MR) is 120 cm³/mol. The minimum Gasteiger partial charge on any atom is -0.497 e. The second kappa shape index (κ2) is 10.1. The van der Waals surface area contributed by atoms with E-state index < -0.39 is 6.09 Å². The number of carbonyl (C=O) groups excluding carboxylic acids is 1. The molecular weight excluding hydrogens is 378 g/mol. The van der Waals surface area contributed by atoms with Crippen molar-refractivity contribution in [2.24, 2.45) is 0 Å². The quantitative estimate of drug-likeness (QED) is 0.589. The molecule has 0 aliphatic rings. The Labute approximate surface area is 177 Å². The highest BCUT2D eigenvalue weighted by Gasteiger charge is 2.15. The first kappa shape index (κ1) is 21.6. The molecule has 0 atom stereocenters. The second-order valence-corrected chi connectivity index (χ2v) is 7.04. The lowest BCUT2D eigenvalue weighted by molar-refractivity contribution is 0.198. The molecule has 30 heavy (non-hydrogen) atoms. The molecule has 3 aromatic rings. The number of aryl methyl sites for hydroxylation is 1. The van der Waals surface area contributed by atoms with Gasteiger partial charge in [-0.25, -0.2) is 4.79 Å². The molecule has 1 N–H and O–H groups in total. The fourth-order valence-corrected chi connectivity index (χ4v) is 3.45. The minimum atomic E-state index is -0.489. The lowest BCUT2D eigenvalue weighted by Crippen LogP contribution is -2.36. The number of fused-ring (bicyclic) bond motifs is 1. The predicted octanol–water partition coefficient (Wildman–Crippen LogP) is 4.65. The Morgan fingerprint density at radius 3 is 2.57 bits per heavy atom. The molecule has 158 valence electrons. The Morgan fingerprint density at radius 2 is 1.87 bits per heavy atom. The van der Waals surface area contributed by atoms with Crippen molar-refractivity contribution in [3.8, 4) is 22.8 Å². The van der Waals surface area contributed by atoms with Gasteiger partial charge in [0.25, 0.3) is 0 Å². The molecule has 6 nitrogen and oxygen atoms in total. The van der Waals surface area contributed by atoms with Gasteiger partial charge in [0.05, 0.1) is 19.0 Å². The number of aromatic nitrogens is 1. The topological polar surface area (TPSA) is 63.7 Å². The lowest BCUT2D eigenvalue weighted by Gasteiger charge is -2.18. The van der Waals surface area contributed by atoms with Crippen LogP contribution in [0.2, 0.25) is 0 Å². The molecule has 0 aliphatic carbocycles. The number of ether oxygens (including phenoxy) is 2. The normalized spacial score (nSPS) is 11.0. The summed E-state index contributed by atoms with van der Waals surface area (Å²) in [5.74, 6) is 1.10. The molecule has 2 aromatic carbocycles. The third kappa shape index (κ3) is 4.89. The molecule has 0 aliphatic heterocycles. The van der Waals surface area contributed by atoms with Gasteiger partial charge in [0, 0.05) is 29.4 Å². The molecule has 1 amide bonds. The summed E-state index contributed by atoms with van der Waals surface area (Å²) in [4.78, 5) is 19.2. The highest BCUT2D eigenvalue weighted by Crippen LogP contribution is 2.35. The Morgan fingerprint density at radius 1 is 1.10 bits per heavy atom. The van der Waals surface area contributed by atoms with E-state index in [9.17, 15) is 4.79 Å². The van der Waals surface area contributed by atoms with Crippen molar-refractivity contribution < 1.29 is 14.3 Å². The van der Waals surface area contributed by atoms with Gasteiger partial charge < -0.3 is 19.7 Å². The van der Waals surface area contributed by atoms with Crippen LogP contribution in [0.15, 0.2) is 48.7 Å². The summed E-state index contributed by atoms with van der Waals surface area (Å²) < 4.78 is 11.0. The van der Waals surface area contributed by atoms with E-state index in [0.717, 1.165) is 47.2 Å². The smallest absolute Gasteiger partial charge is 0.412 e. The van der Waals surface area contributed by atoms with E-state index in [1.165, 1.54) is 0 Å². The van der Waals surface area contributed by atoms with E-state index in [0.29, 0.717) is 18.0 Å². The van der Waals surface area contributed by atoms with E-state index >= 15 is 0 Å². The maximum Gasteiger partial charge on any atom is 0.412 e. The average Bonchev–Trinajstić information content (AvgIpc) is 2.77. The van der Waals surface area contributed by atoms with Crippen LogP contribution >= 0.6 is 0 Å². The Bertz CT molecular complexity index is 1020. The van der Waals surface area contributed by atoms with Crippen LogP contribution in [0.1, 0.15) is 19.4 Å². The van der Waals surface area contributed by atoms with Crippen LogP contribution in [0.25, 0.3) is 22.0 Å². The maximum absolute atomic E-state index is 12.4. The lowest BCUT2D eigenvalue weighted by atomic mass is 10.00. The molecule has 1 heterocycles. The minimum absolute atomic E-state index is 0.404. The van der Waals surface area contributed by atoms with Crippen molar-refractivity contribution in [2.45, 2.75) is 20.8 Å². The number of nitrogens with zero attached hydrogens (tertiary/aromatic N) is 2. The number of methoxy groups -OCH3 is 1. The molecule has 0 saturated heterocycles. The van der Waals surface area contributed by atoms with Crippen molar-refractivity contribution in [1.82, 2.24) is 15.2 Å². The number of carbonyl (C=O) groups is 1.